The molecular formula is C17H10BrNO3. The van der Waals surface area contributed by atoms with Crippen LogP contribution in [-0.4, -0.2) is 17.2 Å². The predicted octanol–water partition coefficient (Wildman–Crippen LogP) is 4.03. The highest BCUT2D eigenvalue weighted by Crippen LogP contribution is 2.27. The van der Waals surface area contributed by atoms with Crippen LogP contribution in [0.5, 0.6) is 5.75 Å². The van der Waals surface area contributed by atoms with Crippen LogP contribution in [0.3, 0.4) is 0 Å². The van der Waals surface area contributed by atoms with Crippen molar-refractivity contribution in [1.82, 2.24) is 4.98 Å². The number of rotatable bonds is 3. The molecule has 2 aromatic carbocycles. The van der Waals surface area contributed by atoms with Crippen LogP contribution >= 0.6 is 15.9 Å². The summed E-state index contributed by atoms with van der Waals surface area (Å²) in [4.78, 5) is 27.5. The molecule has 0 saturated heterocycles. The molecular weight excluding hydrogens is 346 g/mol. The Morgan fingerprint density at radius 1 is 1.14 bits per heavy atom. The van der Waals surface area contributed by atoms with Gasteiger partial charge in [0, 0.05) is 16.9 Å². The van der Waals surface area contributed by atoms with Gasteiger partial charge in [0.05, 0.1) is 11.1 Å². The van der Waals surface area contributed by atoms with Crippen LogP contribution in [0, 0.1) is 0 Å². The number of hydrogen-bond donors (Lipinski definition) is 0. The summed E-state index contributed by atoms with van der Waals surface area (Å²) in [6.07, 6.45) is 3.68. The highest BCUT2D eigenvalue weighted by Gasteiger charge is 2.14. The van der Waals surface area contributed by atoms with E-state index in [0.717, 1.165) is 10.8 Å². The van der Waals surface area contributed by atoms with E-state index in [4.69, 9.17) is 4.74 Å². The average Bonchev–Trinajstić information content (AvgIpc) is 2.54. The molecule has 5 heteroatoms. The van der Waals surface area contributed by atoms with Gasteiger partial charge in [-0.15, -0.1) is 0 Å². The topological polar surface area (TPSA) is 56.3 Å². The van der Waals surface area contributed by atoms with Crippen LogP contribution in [0.15, 0.2) is 59.3 Å². The molecule has 0 aliphatic rings. The zero-order valence-electron chi connectivity index (χ0n) is 11.3. The Balaban J connectivity index is 2.00. The van der Waals surface area contributed by atoms with Gasteiger partial charge in [-0.3, -0.25) is 9.78 Å². The molecule has 0 bridgehead atoms. The Morgan fingerprint density at radius 3 is 2.73 bits per heavy atom. The Labute approximate surface area is 134 Å². The third-order valence-corrected chi connectivity index (χ3v) is 3.63. The summed E-state index contributed by atoms with van der Waals surface area (Å²) in [7, 11) is 0. The second kappa shape index (κ2) is 6.07. The van der Waals surface area contributed by atoms with Crippen molar-refractivity contribution in [2.75, 3.05) is 0 Å². The molecule has 0 unspecified atom stereocenters. The number of carbonyl (C=O) groups excluding carboxylic acids is 2. The maximum Gasteiger partial charge on any atom is 0.345 e. The highest BCUT2D eigenvalue weighted by atomic mass is 79.9. The number of nitrogens with zero attached hydrogens (tertiary/aromatic N) is 1. The number of esters is 1. The second-order valence-electron chi connectivity index (χ2n) is 4.60. The van der Waals surface area contributed by atoms with E-state index in [1.54, 1.807) is 18.3 Å². The highest BCUT2D eigenvalue weighted by molar-refractivity contribution is 9.10. The SMILES string of the molecule is O=Cc1c(OC(=O)c2cncc(Br)c2)ccc2ccccc12. The molecule has 108 valence electrons. The van der Waals surface area contributed by atoms with Gasteiger partial charge in [-0.25, -0.2) is 4.79 Å². The summed E-state index contributed by atoms with van der Waals surface area (Å²) in [6, 6.07) is 12.5. The number of aromatic nitrogens is 1. The first-order valence-corrected chi connectivity index (χ1v) is 7.28. The van der Waals surface area contributed by atoms with Gasteiger partial charge in [0.2, 0.25) is 0 Å². The number of fused-ring (bicyclic) bond motifs is 1. The van der Waals surface area contributed by atoms with Gasteiger partial charge in [-0.05, 0) is 38.8 Å². The fraction of sp³-hybridized carbons (Fsp3) is 0. The summed E-state index contributed by atoms with van der Waals surface area (Å²) >= 11 is 3.25. The Kier molecular flexibility index (Phi) is 3.98. The van der Waals surface area contributed by atoms with Crippen LogP contribution in [0.2, 0.25) is 0 Å². The quantitative estimate of drug-likeness (QED) is 0.404. The molecule has 0 N–H and O–H groups in total. The smallest absolute Gasteiger partial charge is 0.345 e. The van der Waals surface area contributed by atoms with Crippen molar-refractivity contribution in [1.29, 1.82) is 0 Å². The lowest BCUT2D eigenvalue weighted by atomic mass is 10.0. The molecule has 0 aliphatic heterocycles. The number of halogens is 1. The van der Waals surface area contributed by atoms with Gasteiger partial charge in [-0.1, -0.05) is 30.3 Å². The van der Waals surface area contributed by atoms with Crippen LogP contribution in [0.25, 0.3) is 10.8 Å². The number of pyridine rings is 1. The molecule has 0 fully saturated rings. The van der Waals surface area contributed by atoms with Gasteiger partial charge < -0.3 is 4.74 Å². The Morgan fingerprint density at radius 2 is 1.95 bits per heavy atom. The maximum atomic E-state index is 12.2. The van der Waals surface area contributed by atoms with E-state index in [9.17, 15) is 9.59 Å². The number of benzene rings is 2. The molecule has 0 radical (unpaired) electrons. The summed E-state index contributed by atoms with van der Waals surface area (Å²) in [5.41, 5.74) is 0.661. The van der Waals surface area contributed by atoms with Crippen molar-refractivity contribution < 1.29 is 14.3 Å². The fourth-order valence-corrected chi connectivity index (χ4v) is 2.53. The molecule has 3 rings (SSSR count). The molecule has 0 saturated carbocycles. The van der Waals surface area contributed by atoms with Crippen molar-refractivity contribution in [3.8, 4) is 5.75 Å². The van der Waals surface area contributed by atoms with Gasteiger partial charge in [-0.2, -0.15) is 0 Å². The van der Waals surface area contributed by atoms with Crippen LogP contribution < -0.4 is 4.74 Å². The predicted molar refractivity (Wildman–Crippen MR) is 86.2 cm³/mol. The molecule has 1 aromatic heterocycles. The lowest BCUT2D eigenvalue weighted by Crippen LogP contribution is -2.10. The minimum Gasteiger partial charge on any atom is -0.422 e. The third kappa shape index (κ3) is 2.76. The first-order valence-electron chi connectivity index (χ1n) is 6.48. The van der Waals surface area contributed by atoms with E-state index >= 15 is 0 Å². The molecule has 0 amide bonds. The van der Waals surface area contributed by atoms with Gasteiger partial charge in [0.15, 0.2) is 6.29 Å². The Bertz CT molecular complexity index is 877. The number of hydrogen-bond acceptors (Lipinski definition) is 4. The van der Waals surface area contributed by atoms with Gasteiger partial charge in [0.25, 0.3) is 0 Å². The minimum atomic E-state index is -0.563. The third-order valence-electron chi connectivity index (χ3n) is 3.19. The number of ether oxygens (including phenoxy) is 1. The van der Waals surface area contributed by atoms with E-state index in [-0.39, 0.29) is 5.75 Å². The molecule has 3 aromatic rings. The Hall–Kier alpha value is -2.53. The standard InChI is InChI=1S/C17H10BrNO3/c18-13-7-12(8-19-9-13)17(21)22-16-6-5-11-3-1-2-4-14(11)15(16)10-20/h1-10H. The monoisotopic (exact) mass is 355 g/mol. The maximum absolute atomic E-state index is 12.2. The van der Waals surface area contributed by atoms with E-state index in [2.05, 4.69) is 20.9 Å². The number of carbonyl (C=O) groups is 2. The summed E-state index contributed by atoms with van der Waals surface area (Å²) in [5.74, 6) is -0.328. The average molecular weight is 356 g/mol. The first-order chi connectivity index (χ1) is 10.7. The largest absolute Gasteiger partial charge is 0.422 e. The van der Waals surface area contributed by atoms with Gasteiger partial charge >= 0.3 is 5.97 Å². The molecule has 1 heterocycles. The molecule has 0 atom stereocenters. The first kappa shape index (κ1) is 14.4. The van der Waals surface area contributed by atoms with Gasteiger partial charge in [0.1, 0.15) is 5.75 Å². The number of aldehydes is 1. The molecule has 0 aliphatic carbocycles. The summed E-state index contributed by atoms with van der Waals surface area (Å²) in [5, 5.41) is 1.66. The van der Waals surface area contributed by atoms with Crippen LogP contribution in [0.1, 0.15) is 20.7 Å². The normalized spacial score (nSPS) is 10.4. The fourth-order valence-electron chi connectivity index (χ4n) is 2.17. The van der Waals surface area contributed by atoms with Crippen LogP contribution in [-0.2, 0) is 0 Å². The van der Waals surface area contributed by atoms with E-state index in [1.807, 2.05) is 30.3 Å². The van der Waals surface area contributed by atoms with E-state index in [1.165, 1.54) is 6.20 Å². The van der Waals surface area contributed by atoms with Crippen molar-refractivity contribution >= 4 is 39.0 Å². The summed E-state index contributed by atoms with van der Waals surface area (Å²) in [6.45, 7) is 0. The molecule has 0 spiro atoms. The lowest BCUT2D eigenvalue weighted by molar-refractivity contribution is 0.0733. The minimum absolute atomic E-state index is 0.235. The van der Waals surface area contributed by atoms with Crippen molar-refractivity contribution in [3.05, 3.63) is 70.5 Å². The second-order valence-corrected chi connectivity index (χ2v) is 5.51. The van der Waals surface area contributed by atoms with Crippen molar-refractivity contribution in [3.63, 3.8) is 0 Å². The zero-order valence-corrected chi connectivity index (χ0v) is 12.9. The molecule has 4 nitrogen and oxygen atoms in total. The lowest BCUT2D eigenvalue weighted by Gasteiger charge is -2.09. The van der Waals surface area contributed by atoms with Crippen LogP contribution in [0.4, 0.5) is 0 Å². The molecule has 22 heavy (non-hydrogen) atoms. The summed E-state index contributed by atoms with van der Waals surface area (Å²) < 4.78 is 6.03. The van der Waals surface area contributed by atoms with E-state index < -0.39 is 5.97 Å². The van der Waals surface area contributed by atoms with Crippen molar-refractivity contribution in [2.24, 2.45) is 0 Å². The van der Waals surface area contributed by atoms with Crippen molar-refractivity contribution in [2.45, 2.75) is 0 Å². The van der Waals surface area contributed by atoms with E-state index in [0.29, 0.717) is 21.9 Å². The zero-order chi connectivity index (χ0) is 15.5.